The predicted octanol–water partition coefficient (Wildman–Crippen LogP) is 1.54. The van der Waals surface area contributed by atoms with Crippen LogP contribution in [0.25, 0.3) is 0 Å². The van der Waals surface area contributed by atoms with Gasteiger partial charge in [0.15, 0.2) is 6.23 Å². The highest BCUT2D eigenvalue weighted by Gasteiger charge is 2.62. The van der Waals surface area contributed by atoms with Crippen LogP contribution in [0.3, 0.4) is 0 Å². The molecule has 1 aromatic heterocycles. The van der Waals surface area contributed by atoms with Crippen LogP contribution >= 0.6 is 0 Å². The quantitative estimate of drug-likeness (QED) is 0.172. The molecule has 1 saturated heterocycles. The molecule has 4 N–H and O–H groups in total. The van der Waals surface area contributed by atoms with Gasteiger partial charge in [-0.15, -0.1) is 0 Å². The van der Waals surface area contributed by atoms with Gasteiger partial charge in [-0.05, 0) is 41.0 Å². The first-order valence-corrected chi connectivity index (χ1v) is 13.2. The van der Waals surface area contributed by atoms with Crippen LogP contribution in [0.1, 0.15) is 22.9 Å². The second-order valence-corrected chi connectivity index (χ2v) is 9.95. The third-order valence-electron chi connectivity index (χ3n) is 7.88. The molecule has 0 spiro atoms. The van der Waals surface area contributed by atoms with E-state index < -0.39 is 47.0 Å². The van der Waals surface area contributed by atoms with E-state index in [1.807, 2.05) is 30.3 Å². The number of nitrogens with one attached hydrogen (secondary N) is 1. The Morgan fingerprint density at radius 1 is 0.857 bits per heavy atom. The van der Waals surface area contributed by atoms with Crippen molar-refractivity contribution in [3.63, 3.8) is 0 Å². The lowest BCUT2D eigenvalue weighted by Crippen LogP contribution is -2.55. The SMILES string of the molecule is COc1ccc(C(c2ccccc2)(c2ccc(OC)cc2)C(O)[C@H]2O[C@@H](n3ccc(=O)[nH]c3=O)[C@@](O)(OC)[C@@H]2O)cc1. The van der Waals surface area contributed by atoms with Crippen LogP contribution in [0.2, 0.25) is 0 Å². The molecule has 1 aliphatic rings. The van der Waals surface area contributed by atoms with Gasteiger partial charge in [0.1, 0.15) is 29.8 Å². The Labute approximate surface area is 241 Å². The van der Waals surface area contributed by atoms with Crippen molar-refractivity contribution in [2.45, 2.75) is 35.7 Å². The zero-order chi connectivity index (χ0) is 30.1. The molecular weight excluding hydrogens is 544 g/mol. The molecule has 1 unspecified atom stereocenters. The van der Waals surface area contributed by atoms with Crippen LogP contribution in [0.15, 0.2) is 101 Å². The maximum absolute atomic E-state index is 12.7. The fourth-order valence-electron chi connectivity index (χ4n) is 5.72. The molecule has 42 heavy (non-hydrogen) atoms. The summed E-state index contributed by atoms with van der Waals surface area (Å²) in [6, 6.07) is 24.4. The lowest BCUT2D eigenvalue weighted by Gasteiger charge is -2.43. The summed E-state index contributed by atoms with van der Waals surface area (Å²) in [5, 5.41) is 35.5. The standard InChI is InChI=1S/C31H32N2O9/c1-39-22-13-9-20(10-14-22)30(19-7-5-4-6-8-19,21-11-15-23(40-2)16-12-21)26(35)25-27(36)31(38,41-3)28(42-25)33-18-17-24(34)32-29(33)37/h4-18,25-28,35-36,38H,1-3H3,(H,32,34,37)/t25-,26?,27-,28-,31+/m1/s1. The largest absolute Gasteiger partial charge is 0.497 e. The van der Waals surface area contributed by atoms with E-state index in [4.69, 9.17) is 18.9 Å². The molecule has 2 heterocycles. The number of rotatable bonds is 9. The van der Waals surface area contributed by atoms with E-state index in [0.717, 1.165) is 23.9 Å². The van der Waals surface area contributed by atoms with Crippen molar-refractivity contribution in [3.05, 3.63) is 129 Å². The summed E-state index contributed by atoms with van der Waals surface area (Å²) < 4.78 is 23.1. The van der Waals surface area contributed by atoms with E-state index in [0.29, 0.717) is 28.2 Å². The normalized spacial score (nSPS) is 23.0. The van der Waals surface area contributed by atoms with E-state index in [1.165, 1.54) is 0 Å². The van der Waals surface area contributed by atoms with Gasteiger partial charge in [-0.2, -0.15) is 0 Å². The third-order valence-corrected chi connectivity index (χ3v) is 7.88. The Morgan fingerprint density at radius 2 is 1.38 bits per heavy atom. The number of hydrogen-bond donors (Lipinski definition) is 4. The molecule has 0 bridgehead atoms. The Balaban J connectivity index is 1.74. The Morgan fingerprint density at radius 3 is 1.86 bits per heavy atom. The van der Waals surface area contributed by atoms with Crippen molar-refractivity contribution in [1.82, 2.24) is 9.55 Å². The first kappa shape index (κ1) is 29.2. The van der Waals surface area contributed by atoms with Gasteiger partial charge < -0.3 is 34.3 Å². The van der Waals surface area contributed by atoms with Gasteiger partial charge in [0, 0.05) is 19.4 Å². The van der Waals surface area contributed by atoms with Gasteiger partial charge in [0.2, 0.25) is 5.79 Å². The minimum absolute atomic E-state index is 0.591. The molecule has 5 atom stereocenters. The maximum atomic E-state index is 12.7. The van der Waals surface area contributed by atoms with Gasteiger partial charge >= 0.3 is 5.69 Å². The summed E-state index contributed by atoms with van der Waals surface area (Å²) in [6.07, 6.45) is -5.44. The van der Waals surface area contributed by atoms with Crippen molar-refractivity contribution in [3.8, 4) is 11.5 Å². The number of nitrogens with zero attached hydrogens (tertiary/aromatic N) is 1. The molecule has 0 saturated carbocycles. The van der Waals surface area contributed by atoms with E-state index in [2.05, 4.69) is 4.98 Å². The van der Waals surface area contributed by atoms with Gasteiger partial charge in [-0.3, -0.25) is 14.3 Å². The number of hydrogen-bond acceptors (Lipinski definition) is 9. The van der Waals surface area contributed by atoms with Crippen molar-refractivity contribution >= 4 is 0 Å². The molecule has 0 radical (unpaired) electrons. The summed E-state index contributed by atoms with van der Waals surface area (Å²) in [5.74, 6) is -1.29. The predicted molar refractivity (Wildman–Crippen MR) is 152 cm³/mol. The molecule has 0 amide bonds. The van der Waals surface area contributed by atoms with Gasteiger partial charge in [0.25, 0.3) is 5.56 Å². The monoisotopic (exact) mass is 576 g/mol. The minimum Gasteiger partial charge on any atom is -0.497 e. The summed E-state index contributed by atoms with van der Waals surface area (Å²) in [6.45, 7) is 0. The van der Waals surface area contributed by atoms with Crippen LogP contribution in [0.4, 0.5) is 0 Å². The molecule has 220 valence electrons. The number of methoxy groups -OCH3 is 3. The summed E-state index contributed by atoms with van der Waals surface area (Å²) >= 11 is 0. The molecular formula is C31H32N2O9. The van der Waals surface area contributed by atoms with E-state index in [1.54, 1.807) is 62.8 Å². The van der Waals surface area contributed by atoms with Crippen LogP contribution in [0.5, 0.6) is 11.5 Å². The average Bonchev–Trinajstić information content (AvgIpc) is 3.28. The van der Waals surface area contributed by atoms with Gasteiger partial charge in [-0.25, -0.2) is 4.79 Å². The van der Waals surface area contributed by atoms with E-state index >= 15 is 0 Å². The number of aromatic amines is 1. The smallest absolute Gasteiger partial charge is 0.330 e. The molecule has 0 aliphatic carbocycles. The highest BCUT2D eigenvalue weighted by Crippen LogP contribution is 2.49. The zero-order valence-corrected chi connectivity index (χ0v) is 23.2. The highest BCUT2D eigenvalue weighted by atomic mass is 16.7. The number of aromatic nitrogens is 2. The first-order valence-electron chi connectivity index (χ1n) is 13.2. The Hall–Kier alpha value is -4.26. The topological polar surface area (TPSA) is 152 Å². The second-order valence-electron chi connectivity index (χ2n) is 9.95. The van der Waals surface area contributed by atoms with Crippen LogP contribution in [-0.4, -0.2) is 70.3 Å². The second kappa shape index (κ2) is 11.6. The molecule has 1 aliphatic heterocycles. The van der Waals surface area contributed by atoms with Crippen LogP contribution < -0.4 is 20.7 Å². The van der Waals surface area contributed by atoms with Gasteiger partial charge in [-0.1, -0.05) is 54.6 Å². The third kappa shape index (κ3) is 4.71. The first-order chi connectivity index (χ1) is 20.2. The average molecular weight is 577 g/mol. The number of aliphatic hydroxyl groups excluding tert-OH is 2. The summed E-state index contributed by atoms with van der Waals surface area (Å²) in [4.78, 5) is 26.5. The Bertz CT molecular complexity index is 1570. The molecule has 4 aromatic rings. The zero-order valence-electron chi connectivity index (χ0n) is 23.2. The van der Waals surface area contributed by atoms with Crippen molar-refractivity contribution < 1.29 is 34.3 Å². The fourth-order valence-corrected chi connectivity index (χ4v) is 5.72. The number of H-pyrrole nitrogens is 1. The Kier molecular flexibility index (Phi) is 8.04. The number of benzene rings is 3. The maximum Gasteiger partial charge on any atom is 0.330 e. The lowest BCUT2D eigenvalue weighted by molar-refractivity contribution is -0.265. The lowest BCUT2D eigenvalue weighted by atomic mass is 9.64. The van der Waals surface area contributed by atoms with E-state index in [-0.39, 0.29) is 0 Å². The number of aliphatic hydroxyl groups is 3. The van der Waals surface area contributed by atoms with Gasteiger partial charge in [0.05, 0.1) is 19.6 Å². The van der Waals surface area contributed by atoms with Crippen LogP contribution in [0, 0.1) is 0 Å². The minimum atomic E-state index is -2.48. The van der Waals surface area contributed by atoms with Crippen molar-refractivity contribution in [2.75, 3.05) is 21.3 Å². The van der Waals surface area contributed by atoms with E-state index in [9.17, 15) is 24.9 Å². The number of ether oxygens (including phenoxy) is 4. The highest BCUT2D eigenvalue weighted by molar-refractivity contribution is 5.54. The molecule has 5 rings (SSSR count). The molecule has 11 nitrogen and oxygen atoms in total. The summed E-state index contributed by atoms with van der Waals surface area (Å²) in [5.41, 5.74) is -1.07. The molecule has 3 aromatic carbocycles. The fraction of sp³-hybridized carbons (Fsp3) is 0.290. The molecule has 11 heteroatoms. The van der Waals surface area contributed by atoms with Crippen molar-refractivity contribution in [2.24, 2.45) is 0 Å². The van der Waals surface area contributed by atoms with Crippen molar-refractivity contribution in [1.29, 1.82) is 0 Å². The summed E-state index contributed by atoms with van der Waals surface area (Å²) in [7, 11) is 4.23. The van der Waals surface area contributed by atoms with Crippen LogP contribution in [-0.2, 0) is 14.9 Å². The molecule has 1 fully saturated rings.